The topological polar surface area (TPSA) is 51.6 Å². The number of benzene rings is 2. The molecule has 0 aliphatic carbocycles. The molecular weight excluding hydrogens is 308 g/mol. The maximum Gasteiger partial charge on any atom is 0.125 e. The van der Waals surface area contributed by atoms with Crippen LogP contribution in [0.5, 0.6) is 0 Å². The zero-order chi connectivity index (χ0) is 18.1. The van der Waals surface area contributed by atoms with Crippen molar-refractivity contribution < 1.29 is 0 Å². The van der Waals surface area contributed by atoms with E-state index in [0.29, 0.717) is 0 Å². The predicted octanol–water partition coefficient (Wildman–Crippen LogP) is 5.16. The Morgan fingerprint density at radius 2 is 1.44 bits per heavy atom. The van der Waals surface area contributed by atoms with Crippen molar-refractivity contribution in [3.63, 3.8) is 0 Å². The van der Waals surface area contributed by atoms with E-state index >= 15 is 0 Å². The maximum atomic E-state index is 4.26. The molecule has 0 unspecified atom stereocenters. The summed E-state index contributed by atoms with van der Waals surface area (Å²) < 4.78 is 0. The predicted molar refractivity (Wildman–Crippen MR) is 105 cm³/mol. The molecule has 0 amide bonds. The fraction of sp³-hybridized carbons (Fsp3) is 0.238. The lowest BCUT2D eigenvalue weighted by atomic mass is 10.2. The van der Waals surface area contributed by atoms with Crippen molar-refractivity contribution in [1.82, 2.24) is 20.2 Å². The van der Waals surface area contributed by atoms with E-state index in [9.17, 15) is 0 Å². The number of aryl methyl sites for hydroxylation is 2. The summed E-state index contributed by atoms with van der Waals surface area (Å²) in [7, 11) is 0. The smallest absolute Gasteiger partial charge is 0.125 e. The average molecular weight is 332 g/mol. The molecule has 4 rings (SSSR count). The average Bonchev–Trinajstić information content (AvgIpc) is 2.69. The molecule has 0 radical (unpaired) electrons. The zero-order valence-electron chi connectivity index (χ0n) is 15.3. The van der Waals surface area contributed by atoms with Crippen LogP contribution in [0.15, 0.2) is 60.8 Å². The standard InChI is InChI=1S/C10H10N2.C9H8N2.C2H6/c1-2-9-7-8-5-3-4-6-10(8)12-11-9;1-7-10-6-8-4-2-3-5-9(8)11-7;1-2/h3-7H,2H2,1H3;2-6H,1H3;1-2H3. The molecular formula is C21H24N4. The second-order valence-electron chi connectivity index (χ2n) is 5.22. The van der Waals surface area contributed by atoms with Gasteiger partial charge in [0.25, 0.3) is 0 Å². The van der Waals surface area contributed by atoms with E-state index in [1.807, 2.05) is 69.4 Å². The molecule has 25 heavy (non-hydrogen) atoms. The van der Waals surface area contributed by atoms with Crippen LogP contribution in [0.25, 0.3) is 21.8 Å². The largest absolute Gasteiger partial charge is 0.241 e. The van der Waals surface area contributed by atoms with Crippen molar-refractivity contribution in [2.24, 2.45) is 0 Å². The van der Waals surface area contributed by atoms with Gasteiger partial charge in [0.15, 0.2) is 0 Å². The monoisotopic (exact) mass is 332 g/mol. The highest BCUT2D eigenvalue weighted by Crippen LogP contribution is 2.10. The van der Waals surface area contributed by atoms with E-state index < -0.39 is 0 Å². The van der Waals surface area contributed by atoms with Gasteiger partial charge in [-0.05, 0) is 31.5 Å². The second kappa shape index (κ2) is 9.42. The van der Waals surface area contributed by atoms with E-state index in [-0.39, 0.29) is 0 Å². The third kappa shape index (κ3) is 5.05. The maximum absolute atomic E-state index is 4.26. The Hall–Kier alpha value is -2.88. The third-order valence-electron chi connectivity index (χ3n) is 3.52. The summed E-state index contributed by atoms with van der Waals surface area (Å²) in [5.41, 5.74) is 3.03. The van der Waals surface area contributed by atoms with Gasteiger partial charge in [0, 0.05) is 17.0 Å². The molecule has 0 spiro atoms. The van der Waals surface area contributed by atoms with Gasteiger partial charge in [-0.15, -0.1) is 0 Å². The van der Waals surface area contributed by atoms with Crippen LogP contribution in [0.2, 0.25) is 0 Å². The molecule has 0 saturated carbocycles. The van der Waals surface area contributed by atoms with Crippen molar-refractivity contribution in [2.75, 3.05) is 0 Å². The Kier molecular flexibility index (Phi) is 6.96. The van der Waals surface area contributed by atoms with Gasteiger partial charge in [0.1, 0.15) is 5.82 Å². The third-order valence-corrected chi connectivity index (χ3v) is 3.52. The minimum atomic E-state index is 0.823. The molecule has 0 atom stereocenters. The van der Waals surface area contributed by atoms with E-state index in [4.69, 9.17) is 0 Å². The highest BCUT2D eigenvalue weighted by molar-refractivity contribution is 5.78. The number of hydrogen-bond acceptors (Lipinski definition) is 4. The van der Waals surface area contributed by atoms with E-state index in [1.54, 1.807) is 0 Å². The summed E-state index contributed by atoms with van der Waals surface area (Å²) in [5, 5.41) is 10.4. The van der Waals surface area contributed by atoms with Crippen LogP contribution in [0.4, 0.5) is 0 Å². The molecule has 2 aromatic carbocycles. The highest BCUT2D eigenvalue weighted by atomic mass is 15.1. The van der Waals surface area contributed by atoms with Crippen LogP contribution in [-0.2, 0) is 6.42 Å². The van der Waals surface area contributed by atoms with E-state index in [1.165, 1.54) is 5.39 Å². The Bertz CT molecular complexity index is 935. The summed E-state index contributed by atoms with van der Waals surface area (Å²) in [4.78, 5) is 8.36. The molecule has 0 N–H and O–H groups in total. The second-order valence-corrected chi connectivity index (χ2v) is 5.22. The summed E-state index contributed by atoms with van der Waals surface area (Å²) in [6.45, 7) is 7.98. The van der Waals surface area contributed by atoms with Crippen molar-refractivity contribution >= 4 is 21.8 Å². The Morgan fingerprint density at radius 3 is 2.16 bits per heavy atom. The summed E-state index contributed by atoms with van der Waals surface area (Å²) in [6.07, 6.45) is 2.79. The minimum Gasteiger partial charge on any atom is -0.241 e. The minimum absolute atomic E-state index is 0.823. The summed E-state index contributed by atoms with van der Waals surface area (Å²) in [5.74, 6) is 0.823. The van der Waals surface area contributed by atoms with Crippen LogP contribution >= 0.6 is 0 Å². The highest BCUT2D eigenvalue weighted by Gasteiger charge is 1.95. The van der Waals surface area contributed by atoms with Gasteiger partial charge in [0.05, 0.1) is 16.7 Å². The molecule has 4 aromatic rings. The van der Waals surface area contributed by atoms with Crippen LogP contribution in [0, 0.1) is 6.92 Å². The summed E-state index contributed by atoms with van der Waals surface area (Å²) >= 11 is 0. The lowest BCUT2D eigenvalue weighted by Crippen LogP contribution is -1.90. The van der Waals surface area contributed by atoms with Crippen LogP contribution < -0.4 is 0 Å². The normalized spacial score (nSPS) is 9.76. The number of nitrogens with zero attached hydrogens (tertiary/aromatic N) is 4. The Balaban J connectivity index is 0.000000165. The lowest BCUT2D eigenvalue weighted by molar-refractivity contribution is 0.945. The Labute approximate surface area is 149 Å². The fourth-order valence-corrected chi connectivity index (χ4v) is 2.26. The SMILES string of the molecule is CC.CCc1cc2ccccc2nn1.Cc1ncc2ccccc2n1. The van der Waals surface area contributed by atoms with Gasteiger partial charge < -0.3 is 0 Å². The summed E-state index contributed by atoms with van der Waals surface area (Å²) in [6, 6.07) is 18.1. The van der Waals surface area contributed by atoms with Gasteiger partial charge in [0.2, 0.25) is 0 Å². The number of para-hydroxylation sites is 1. The van der Waals surface area contributed by atoms with Crippen LogP contribution in [0.1, 0.15) is 32.3 Å². The molecule has 0 fully saturated rings. The van der Waals surface area contributed by atoms with Crippen molar-refractivity contribution in [3.05, 3.63) is 72.3 Å². The number of rotatable bonds is 1. The van der Waals surface area contributed by atoms with Crippen LogP contribution in [-0.4, -0.2) is 20.2 Å². The van der Waals surface area contributed by atoms with Gasteiger partial charge in [-0.3, -0.25) is 0 Å². The van der Waals surface area contributed by atoms with Gasteiger partial charge in [-0.2, -0.15) is 10.2 Å². The van der Waals surface area contributed by atoms with Crippen molar-refractivity contribution in [2.45, 2.75) is 34.1 Å². The molecule has 2 aromatic heterocycles. The van der Waals surface area contributed by atoms with Crippen molar-refractivity contribution in [3.8, 4) is 0 Å². The van der Waals surface area contributed by atoms with Crippen molar-refractivity contribution in [1.29, 1.82) is 0 Å². The van der Waals surface area contributed by atoms with Crippen LogP contribution in [0.3, 0.4) is 0 Å². The number of hydrogen-bond donors (Lipinski definition) is 0. The molecule has 0 aliphatic heterocycles. The molecule has 0 aliphatic rings. The fourth-order valence-electron chi connectivity index (χ4n) is 2.26. The molecule has 0 bridgehead atoms. The first kappa shape index (κ1) is 18.5. The van der Waals surface area contributed by atoms with Gasteiger partial charge in [-0.25, -0.2) is 9.97 Å². The Morgan fingerprint density at radius 1 is 0.800 bits per heavy atom. The first-order chi connectivity index (χ1) is 12.3. The number of aromatic nitrogens is 4. The molecule has 4 heteroatoms. The molecule has 2 heterocycles. The first-order valence-corrected chi connectivity index (χ1v) is 8.66. The first-order valence-electron chi connectivity index (χ1n) is 8.66. The molecule has 0 saturated heterocycles. The van der Waals surface area contributed by atoms with E-state index in [0.717, 1.165) is 34.4 Å². The lowest BCUT2D eigenvalue weighted by Gasteiger charge is -1.97. The molecule has 4 nitrogen and oxygen atoms in total. The van der Waals surface area contributed by atoms with Gasteiger partial charge in [-0.1, -0.05) is 57.2 Å². The van der Waals surface area contributed by atoms with Gasteiger partial charge >= 0.3 is 0 Å². The zero-order valence-corrected chi connectivity index (χ0v) is 15.3. The quantitative estimate of drug-likeness (QED) is 0.483. The van der Waals surface area contributed by atoms with E-state index in [2.05, 4.69) is 39.2 Å². The number of fused-ring (bicyclic) bond motifs is 2. The molecule has 128 valence electrons.